The molecule has 2 aromatic carbocycles. The lowest BCUT2D eigenvalue weighted by atomic mass is 9.76. The summed E-state index contributed by atoms with van der Waals surface area (Å²) in [7, 11) is -3.42. The van der Waals surface area contributed by atoms with Crippen molar-refractivity contribution in [3.05, 3.63) is 57.7 Å². The van der Waals surface area contributed by atoms with Crippen molar-refractivity contribution in [1.29, 1.82) is 0 Å². The first-order chi connectivity index (χ1) is 17.0. The van der Waals surface area contributed by atoms with E-state index in [1.165, 1.54) is 5.56 Å². The van der Waals surface area contributed by atoms with Gasteiger partial charge < -0.3 is 20.3 Å². The van der Waals surface area contributed by atoms with E-state index in [-0.39, 0.29) is 30.1 Å². The smallest absolute Gasteiger partial charge is 0.379 e. The summed E-state index contributed by atoms with van der Waals surface area (Å²) in [5.41, 5.74) is 13.3. The minimum atomic E-state index is -3.42. The van der Waals surface area contributed by atoms with E-state index in [0.29, 0.717) is 35.8 Å². The maximum absolute atomic E-state index is 13.7. The first-order valence-corrected chi connectivity index (χ1v) is 14.3. The second-order valence-electron chi connectivity index (χ2n) is 9.84. The van der Waals surface area contributed by atoms with Crippen LogP contribution in [0.4, 0.5) is 5.69 Å². The molecular formula is C28H37N2O5P. The molecule has 1 aliphatic heterocycles. The van der Waals surface area contributed by atoms with Crippen molar-refractivity contribution in [3.63, 3.8) is 0 Å². The molecule has 7 nitrogen and oxygen atoms in total. The second kappa shape index (κ2) is 9.95. The molecule has 194 valence electrons. The van der Waals surface area contributed by atoms with Gasteiger partial charge in [-0.15, -0.1) is 0 Å². The van der Waals surface area contributed by atoms with Crippen LogP contribution in [0.15, 0.2) is 24.3 Å². The molecule has 0 aromatic heterocycles. The Labute approximate surface area is 213 Å². The summed E-state index contributed by atoms with van der Waals surface area (Å²) in [5, 5.41) is 3.11. The minimum absolute atomic E-state index is 0.125. The summed E-state index contributed by atoms with van der Waals surface area (Å²) in [6.07, 6.45) is 2.48. The van der Waals surface area contributed by atoms with Gasteiger partial charge in [0.2, 0.25) is 0 Å². The summed E-state index contributed by atoms with van der Waals surface area (Å²) >= 11 is 0. The standard InChI is InChI=1S/C28H37N2O5P/c1-8-33-27-17(5)14-22-21-10-11-23(19(7)26(21)30-28(31)24(22)25(27)29)35-36(32,9-2)34-20-12-15(3)18(6)16(4)13-20/h10,12-14,19,23,26H,8-9,11,29H2,1-7H3,(H,30,31). The number of anilines is 1. The van der Waals surface area contributed by atoms with Gasteiger partial charge in [0.05, 0.1) is 36.2 Å². The highest BCUT2D eigenvalue weighted by Gasteiger charge is 2.42. The van der Waals surface area contributed by atoms with E-state index in [1.54, 1.807) is 0 Å². The molecule has 0 saturated carbocycles. The van der Waals surface area contributed by atoms with Crippen molar-refractivity contribution in [2.24, 2.45) is 5.92 Å². The summed E-state index contributed by atoms with van der Waals surface area (Å²) in [6.45, 7) is 14.2. The molecule has 4 rings (SSSR count). The molecule has 36 heavy (non-hydrogen) atoms. The Morgan fingerprint density at radius 1 is 1.08 bits per heavy atom. The maximum Gasteiger partial charge on any atom is 0.379 e. The van der Waals surface area contributed by atoms with Gasteiger partial charge >= 0.3 is 7.60 Å². The largest absolute Gasteiger partial charge is 0.491 e. The first kappa shape index (κ1) is 26.3. The Hall–Kier alpha value is -2.76. The third-order valence-electron chi connectivity index (χ3n) is 7.46. The first-order valence-electron chi connectivity index (χ1n) is 12.6. The van der Waals surface area contributed by atoms with E-state index < -0.39 is 7.60 Å². The number of amides is 1. The quantitative estimate of drug-likeness (QED) is 0.343. The van der Waals surface area contributed by atoms with Gasteiger partial charge in [0, 0.05) is 5.92 Å². The lowest BCUT2D eigenvalue weighted by molar-refractivity contribution is 0.0855. The predicted molar refractivity (Wildman–Crippen MR) is 144 cm³/mol. The fourth-order valence-corrected chi connectivity index (χ4v) is 6.57. The molecule has 2 aromatic rings. The summed E-state index contributed by atoms with van der Waals surface area (Å²) in [5.74, 6) is 0.744. The number of rotatable bonds is 7. The van der Waals surface area contributed by atoms with Gasteiger partial charge in [0.1, 0.15) is 11.5 Å². The summed E-state index contributed by atoms with van der Waals surface area (Å²) < 4.78 is 31.6. The fraction of sp³-hybridized carbons (Fsp3) is 0.464. The highest BCUT2D eigenvalue weighted by atomic mass is 31.2. The number of benzene rings is 2. The minimum Gasteiger partial charge on any atom is -0.491 e. The molecule has 3 N–H and O–H groups in total. The number of hydrogen-bond acceptors (Lipinski definition) is 6. The van der Waals surface area contributed by atoms with Gasteiger partial charge in [-0.25, -0.2) is 4.57 Å². The van der Waals surface area contributed by atoms with Crippen molar-refractivity contribution in [2.45, 2.75) is 67.0 Å². The second-order valence-corrected chi connectivity index (χ2v) is 12.1. The SMILES string of the molecule is CCOc1c(C)cc2c(c1N)C(=O)NC1C2=CCC(OP(=O)(CC)Oc2cc(C)c(C)c(C)c2)C1C. The van der Waals surface area contributed by atoms with Crippen LogP contribution in [0.3, 0.4) is 0 Å². The number of fused-ring (bicyclic) bond motifs is 3. The maximum atomic E-state index is 13.7. The molecular weight excluding hydrogens is 475 g/mol. The molecule has 0 fully saturated rings. The van der Waals surface area contributed by atoms with Crippen LogP contribution in [0.2, 0.25) is 0 Å². The van der Waals surface area contributed by atoms with Crippen LogP contribution >= 0.6 is 7.60 Å². The predicted octanol–water partition coefficient (Wildman–Crippen LogP) is 6.11. The van der Waals surface area contributed by atoms with Gasteiger partial charge in [0.15, 0.2) is 0 Å². The Morgan fingerprint density at radius 3 is 2.36 bits per heavy atom. The van der Waals surface area contributed by atoms with Crippen LogP contribution in [0.5, 0.6) is 11.5 Å². The van der Waals surface area contributed by atoms with Gasteiger partial charge in [0.25, 0.3) is 5.91 Å². The van der Waals surface area contributed by atoms with Crippen molar-refractivity contribution in [1.82, 2.24) is 5.32 Å². The van der Waals surface area contributed by atoms with Crippen LogP contribution in [-0.4, -0.2) is 30.8 Å². The number of carbonyl (C=O) groups excluding carboxylic acids is 1. The van der Waals surface area contributed by atoms with Gasteiger partial charge in [-0.05, 0) is 92.6 Å². The van der Waals surface area contributed by atoms with Crippen molar-refractivity contribution in [3.8, 4) is 11.5 Å². The Bertz CT molecular complexity index is 1260. The fourth-order valence-electron chi connectivity index (χ4n) is 5.13. The summed E-state index contributed by atoms with van der Waals surface area (Å²) in [4.78, 5) is 13.2. The number of ether oxygens (including phenoxy) is 1. The van der Waals surface area contributed by atoms with Gasteiger partial charge in [-0.1, -0.05) is 19.9 Å². The van der Waals surface area contributed by atoms with E-state index in [0.717, 1.165) is 27.8 Å². The molecule has 8 heteroatoms. The third kappa shape index (κ3) is 4.67. The third-order valence-corrected chi connectivity index (χ3v) is 9.32. The van der Waals surface area contributed by atoms with E-state index in [4.69, 9.17) is 19.5 Å². The molecule has 4 atom stereocenters. The Kier molecular flexibility index (Phi) is 7.27. The monoisotopic (exact) mass is 512 g/mol. The number of nitrogens with one attached hydrogen (secondary N) is 1. The van der Waals surface area contributed by atoms with Gasteiger partial charge in [-0.2, -0.15) is 0 Å². The highest BCUT2D eigenvalue weighted by Crippen LogP contribution is 2.52. The molecule has 4 unspecified atom stereocenters. The summed E-state index contributed by atoms with van der Waals surface area (Å²) in [6, 6.07) is 5.50. The molecule has 1 aliphatic carbocycles. The average molecular weight is 513 g/mol. The van der Waals surface area contributed by atoms with E-state index in [9.17, 15) is 9.36 Å². The van der Waals surface area contributed by atoms with Crippen molar-refractivity contribution in [2.75, 3.05) is 18.5 Å². The van der Waals surface area contributed by atoms with E-state index in [1.807, 2.05) is 59.7 Å². The lowest BCUT2D eigenvalue weighted by Crippen LogP contribution is -2.50. The molecule has 0 spiro atoms. The van der Waals surface area contributed by atoms with E-state index >= 15 is 0 Å². The molecule has 2 aliphatic rings. The Balaban J connectivity index is 1.62. The van der Waals surface area contributed by atoms with Crippen molar-refractivity contribution < 1.29 is 23.1 Å². The Morgan fingerprint density at radius 2 is 1.75 bits per heavy atom. The van der Waals surface area contributed by atoms with Crippen molar-refractivity contribution >= 4 is 24.8 Å². The van der Waals surface area contributed by atoms with Crippen LogP contribution in [0.1, 0.15) is 65.4 Å². The van der Waals surface area contributed by atoms with Crippen LogP contribution in [0.25, 0.3) is 5.57 Å². The van der Waals surface area contributed by atoms with Crippen LogP contribution in [0, 0.1) is 33.6 Å². The molecule has 1 amide bonds. The van der Waals surface area contributed by atoms with Crippen LogP contribution < -0.4 is 20.3 Å². The number of nitrogen functional groups attached to an aromatic ring is 1. The van der Waals surface area contributed by atoms with Gasteiger partial charge in [-0.3, -0.25) is 9.32 Å². The van der Waals surface area contributed by atoms with Crippen LogP contribution in [-0.2, 0) is 9.09 Å². The number of aryl methyl sites for hydroxylation is 3. The number of nitrogens with two attached hydrogens (primary N) is 1. The molecule has 1 heterocycles. The number of hydrogen-bond donors (Lipinski definition) is 2. The molecule has 0 bridgehead atoms. The highest BCUT2D eigenvalue weighted by molar-refractivity contribution is 7.54. The zero-order valence-corrected chi connectivity index (χ0v) is 23.1. The lowest BCUT2D eigenvalue weighted by Gasteiger charge is -2.41. The van der Waals surface area contributed by atoms with E-state index in [2.05, 4.69) is 18.3 Å². The normalized spacial score (nSPS) is 22.6. The number of carbonyl (C=O) groups is 1. The zero-order chi connectivity index (χ0) is 26.4. The average Bonchev–Trinajstić information content (AvgIpc) is 2.82. The zero-order valence-electron chi connectivity index (χ0n) is 22.2. The molecule has 0 radical (unpaired) electrons. The molecule has 0 saturated heterocycles. The topological polar surface area (TPSA) is 99.9 Å².